The van der Waals surface area contributed by atoms with E-state index >= 15 is 0 Å². The zero-order chi connectivity index (χ0) is 21.2. The lowest BCUT2D eigenvalue weighted by Crippen LogP contribution is -2.24. The second kappa shape index (κ2) is 8.81. The Labute approximate surface area is 175 Å². The molecule has 1 atom stereocenters. The van der Waals surface area contributed by atoms with E-state index < -0.39 is 11.8 Å². The van der Waals surface area contributed by atoms with Crippen molar-refractivity contribution in [2.45, 2.75) is 66.2 Å². The van der Waals surface area contributed by atoms with Crippen molar-refractivity contribution in [3.63, 3.8) is 0 Å². The summed E-state index contributed by atoms with van der Waals surface area (Å²) in [6, 6.07) is 1.94. The molecule has 1 aromatic carbocycles. The van der Waals surface area contributed by atoms with Crippen LogP contribution >= 0.6 is 15.9 Å². The number of benzene rings is 1. The lowest BCUT2D eigenvalue weighted by atomic mass is 9.70. The Morgan fingerprint density at radius 1 is 1.36 bits per heavy atom. The van der Waals surface area contributed by atoms with Crippen LogP contribution in [-0.2, 0) is 10.2 Å². The summed E-state index contributed by atoms with van der Waals surface area (Å²) in [6.07, 6.45) is 4.43. The average Bonchev–Trinajstić information content (AvgIpc) is 2.63. The van der Waals surface area contributed by atoms with Crippen molar-refractivity contribution in [2.24, 2.45) is 5.92 Å². The molecule has 0 fully saturated rings. The largest absolute Gasteiger partial charge is 0.492 e. The number of fused-ring (bicyclic) bond motifs is 1. The van der Waals surface area contributed by atoms with Crippen molar-refractivity contribution >= 4 is 33.0 Å². The highest BCUT2D eigenvalue weighted by molar-refractivity contribution is 9.10. The molecule has 1 unspecified atom stereocenters. The zero-order valence-electron chi connectivity index (χ0n) is 17.6. The molecule has 1 aromatic rings. The van der Waals surface area contributed by atoms with E-state index in [1.165, 1.54) is 5.57 Å². The van der Waals surface area contributed by atoms with Gasteiger partial charge in [0.15, 0.2) is 0 Å². The van der Waals surface area contributed by atoms with E-state index in [0.717, 1.165) is 28.4 Å². The molecule has 0 heterocycles. The van der Waals surface area contributed by atoms with Crippen molar-refractivity contribution < 1.29 is 19.0 Å². The van der Waals surface area contributed by atoms with Gasteiger partial charge in [0.2, 0.25) is 5.83 Å². The second-order valence-corrected chi connectivity index (χ2v) is 8.72. The van der Waals surface area contributed by atoms with E-state index in [9.17, 15) is 14.3 Å². The molecule has 1 aliphatic rings. The fraction of sp³-hybridized carbons (Fsp3) is 0.522. The van der Waals surface area contributed by atoms with Gasteiger partial charge in [-0.15, -0.1) is 0 Å². The van der Waals surface area contributed by atoms with Crippen LogP contribution in [0.1, 0.15) is 77.5 Å². The first-order chi connectivity index (χ1) is 13.1. The van der Waals surface area contributed by atoms with Crippen LogP contribution in [0.4, 0.5) is 4.39 Å². The van der Waals surface area contributed by atoms with Crippen molar-refractivity contribution in [1.29, 1.82) is 0 Å². The maximum atomic E-state index is 14.5. The molecule has 0 bridgehead atoms. The van der Waals surface area contributed by atoms with Crippen LogP contribution in [0.2, 0.25) is 0 Å². The fourth-order valence-electron chi connectivity index (χ4n) is 3.89. The van der Waals surface area contributed by atoms with Gasteiger partial charge in [-0.1, -0.05) is 40.7 Å². The predicted octanol–water partition coefficient (Wildman–Crippen LogP) is 7.13. The Hall–Kier alpha value is -1.62. The number of ether oxygens (including phenoxy) is 1. The second-order valence-electron chi connectivity index (χ2n) is 7.93. The molecule has 0 aromatic heterocycles. The minimum Gasteiger partial charge on any atom is -0.492 e. The van der Waals surface area contributed by atoms with Gasteiger partial charge in [0.25, 0.3) is 0 Å². The molecule has 0 saturated heterocycles. The Morgan fingerprint density at radius 3 is 2.50 bits per heavy atom. The summed E-state index contributed by atoms with van der Waals surface area (Å²) in [6.45, 7) is 12.7. The monoisotopic (exact) mass is 452 g/mol. The number of carboxylic acids is 1. The minimum absolute atomic E-state index is 0.114. The number of halogens is 2. The summed E-state index contributed by atoms with van der Waals surface area (Å²) >= 11 is 3.73. The molecule has 3 nitrogen and oxygen atoms in total. The lowest BCUT2D eigenvalue weighted by Gasteiger charge is -2.36. The molecular weight excluding hydrogens is 423 g/mol. The fourth-order valence-corrected chi connectivity index (χ4v) is 4.97. The van der Waals surface area contributed by atoms with Crippen LogP contribution in [0.15, 0.2) is 22.4 Å². The number of carbonyl (C=O) groups is 1. The summed E-state index contributed by atoms with van der Waals surface area (Å²) in [5.41, 5.74) is 3.99. The molecule has 0 saturated carbocycles. The zero-order valence-corrected chi connectivity index (χ0v) is 19.2. The Balaban J connectivity index is 2.93. The Morgan fingerprint density at radius 2 is 2.00 bits per heavy atom. The van der Waals surface area contributed by atoms with E-state index in [4.69, 9.17) is 4.74 Å². The highest BCUT2D eigenvalue weighted by Gasteiger charge is 2.35. The van der Waals surface area contributed by atoms with Gasteiger partial charge in [-0.05, 0) is 76.2 Å². The topological polar surface area (TPSA) is 46.5 Å². The number of allylic oxidation sites excluding steroid dienone is 3. The van der Waals surface area contributed by atoms with Gasteiger partial charge in [0.1, 0.15) is 5.75 Å². The maximum Gasteiger partial charge on any atom is 0.365 e. The van der Waals surface area contributed by atoms with E-state index in [-0.39, 0.29) is 17.4 Å². The van der Waals surface area contributed by atoms with Crippen LogP contribution in [0, 0.1) is 5.92 Å². The smallest absolute Gasteiger partial charge is 0.365 e. The molecule has 0 spiro atoms. The van der Waals surface area contributed by atoms with Crippen LogP contribution in [0.5, 0.6) is 5.75 Å². The number of hydrogen-bond donors (Lipinski definition) is 1. The average molecular weight is 453 g/mol. The summed E-state index contributed by atoms with van der Waals surface area (Å²) in [4.78, 5) is 11.3. The highest BCUT2D eigenvalue weighted by Crippen LogP contribution is 2.51. The van der Waals surface area contributed by atoms with Gasteiger partial charge in [-0.3, -0.25) is 0 Å². The first kappa shape index (κ1) is 22.7. The normalized spacial score (nSPS) is 17.4. The third-order valence-electron chi connectivity index (χ3n) is 5.60. The number of carboxylic acid groups (broad SMARTS) is 1. The van der Waals surface area contributed by atoms with E-state index in [2.05, 4.69) is 49.7 Å². The van der Waals surface area contributed by atoms with Crippen molar-refractivity contribution in [3.05, 3.63) is 39.1 Å². The number of aliphatic carboxylic acids is 1. The molecule has 0 amide bonds. The van der Waals surface area contributed by atoms with Crippen LogP contribution < -0.4 is 4.74 Å². The summed E-state index contributed by atoms with van der Waals surface area (Å²) < 4.78 is 21.2. The van der Waals surface area contributed by atoms with Crippen molar-refractivity contribution in [2.75, 3.05) is 6.61 Å². The van der Waals surface area contributed by atoms with E-state index in [1.54, 1.807) is 6.92 Å². The SMILES string of the molecule is CCOc1c(/C(CC)=C(/F)C(=O)O)cc2c(c1Br)C(C)(C)CC=C2C(C)CC. The van der Waals surface area contributed by atoms with Crippen LogP contribution in [0.25, 0.3) is 11.1 Å². The molecule has 5 heteroatoms. The molecule has 0 aliphatic heterocycles. The molecule has 1 aliphatic carbocycles. The van der Waals surface area contributed by atoms with Gasteiger partial charge in [-0.25, -0.2) is 4.79 Å². The first-order valence-electron chi connectivity index (χ1n) is 9.93. The van der Waals surface area contributed by atoms with Gasteiger partial charge < -0.3 is 9.84 Å². The van der Waals surface area contributed by atoms with Gasteiger partial charge >= 0.3 is 5.97 Å². The van der Waals surface area contributed by atoms with Crippen LogP contribution in [0.3, 0.4) is 0 Å². The van der Waals surface area contributed by atoms with Crippen molar-refractivity contribution in [3.8, 4) is 5.75 Å². The quantitative estimate of drug-likeness (QED) is 0.447. The molecule has 154 valence electrons. The van der Waals surface area contributed by atoms with E-state index in [0.29, 0.717) is 23.8 Å². The third-order valence-corrected chi connectivity index (χ3v) is 6.36. The lowest BCUT2D eigenvalue weighted by molar-refractivity contribution is -0.134. The maximum absolute atomic E-state index is 14.5. The Bertz CT molecular complexity index is 837. The summed E-state index contributed by atoms with van der Waals surface area (Å²) in [5.74, 6) is -1.80. The first-order valence-corrected chi connectivity index (χ1v) is 10.7. The van der Waals surface area contributed by atoms with Gasteiger partial charge in [0.05, 0.1) is 11.1 Å². The van der Waals surface area contributed by atoms with E-state index in [1.807, 2.05) is 13.0 Å². The molecule has 28 heavy (non-hydrogen) atoms. The number of hydrogen-bond acceptors (Lipinski definition) is 2. The van der Waals surface area contributed by atoms with Crippen LogP contribution in [-0.4, -0.2) is 17.7 Å². The van der Waals surface area contributed by atoms with Gasteiger partial charge in [0, 0.05) is 11.1 Å². The minimum atomic E-state index is -1.55. The standard InChI is InChI=1S/C23H30BrFO3/c1-7-13(4)15-10-11-23(5,6)18-16(15)12-17(21(19(18)24)28-9-3)14(8-2)20(25)22(26)27/h10,12-13H,7-9,11H2,1-6H3,(H,26,27)/b20-14+. The summed E-state index contributed by atoms with van der Waals surface area (Å²) in [5, 5.41) is 9.24. The number of rotatable bonds is 7. The van der Waals surface area contributed by atoms with Gasteiger partial charge in [-0.2, -0.15) is 4.39 Å². The summed E-state index contributed by atoms with van der Waals surface area (Å²) in [7, 11) is 0. The van der Waals surface area contributed by atoms with Crippen molar-refractivity contribution in [1.82, 2.24) is 0 Å². The molecule has 0 radical (unpaired) electrons. The molecule has 1 N–H and O–H groups in total. The third kappa shape index (κ3) is 4.05. The molecule has 2 rings (SSSR count). The highest BCUT2D eigenvalue weighted by atomic mass is 79.9. The molecular formula is C23H30BrFO3. The Kier molecular flexibility index (Phi) is 7.13. The predicted molar refractivity (Wildman–Crippen MR) is 116 cm³/mol.